The number of hydrogen-bond donors (Lipinski definition) is 0. The first-order chi connectivity index (χ1) is 18.4. The largest absolute Gasteiger partial charge is 0.461 e. The first-order valence-corrected chi connectivity index (χ1v) is 13.8. The maximum Gasteiger partial charge on any atom is 0.410 e. The first-order valence-electron chi connectivity index (χ1n) is 13.4. The highest BCUT2D eigenvalue weighted by Gasteiger charge is 2.51. The van der Waals surface area contributed by atoms with Crippen LogP contribution in [0, 0.1) is 5.82 Å². The number of pyridine rings is 1. The van der Waals surface area contributed by atoms with E-state index in [1.54, 1.807) is 0 Å². The number of ether oxygens (including phenoxy) is 2. The van der Waals surface area contributed by atoms with E-state index in [0.717, 1.165) is 18.4 Å². The van der Waals surface area contributed by atoms with Gasteiger partial charge in [0.25, 0.3) is 0 Å². The van der Waals surface area contributed by atoms with Crippen LogP contribution in [0.5, 0.6) is 6.01 Å². The average molecular weight is 563 g/mol. The Hall–Kier alpha value is -2.79. The maximum atomic E-state index is 15.2. The molecule has 4 saturated heterocycles. The number of aromatic nitrogens is 3. The summed E-state index contributed by atoms with van der Waals surface area (Å²) in [6.07, 6.45) is 2.84. The molecular formula is C27H33ClF2N6O3. The molecule has 2 unspecified atom stereocenters. The number of fused-ring (bicyclic) bond motifs is 4. The molecule has 2 aromatic heterocycles. The predicted molar refractivity (Wildman–Crippen MR) is 142 cm³/mol. The Balaban J connectivity index is 1.30. The number of piperazine rings is 1. The molecular weight excluding hydrogens is 530 g/mol. The van der Waals surface area contributed by atoms with Crippen molar-refractivity contribution in [2.75, 3.05) is 37.7 Å². The minimum absolute atomic E-state index is 0.00488. The van der Waals surface area contributed by atoms with Crippen LogP contribution in [0.25, 0.3) is 10.9 Å². The third-order valence-corrected chi connectivity index (χ3v) is 8.40. The Labute approximate surface area is 231 Å². The summed E-state index contributed by atoms with van der Waals surface area (Å²) in [5.74, 6) is -0.282. The number of carbonyl (C=O) groups is 1. The van der Waals surface area contributed by atoms with Crippen molar-refractivity contribution in [2.45, 2.75) is 75.8 Å². The van der Waals surface area contributed by atoms with Gasteiger partial charge in [-0.05, 0) is 40.0 Å². The Kier molecular flexibility index (Phi) is 6.37. The van der Waals surface area contributed by atoms with Gasteiger partial charge in [0.15, 0.2) is 11.0 Å². The van der Waals surface area contributed by atoms with Crippen molar-refractivity contribution in [3.8, 4) is 6.01 Å². The van der Waals surface area contributed by atoms with Crippen molar-refractivity contribution in [3.63, 3.8) is 0 Å². The predicted octanol–water partition coefficient (Wildman–Crippen LogP) is 4.53. The zero-order chi connectivity index (χ0) is 27.7. The van der Waals surface area contributed by atoms with Crippen LogP contribution in [0.4, 0.5) is 19.4 Å². The monoisotopic (exact) mass is 562 g/mol. The van der Waals surface area contributed by atoms with Gasteiger partial charge in [0.05, 0.1) is 23.0 Å². The molecule has 4 aliphatic rings. The average Bonchev–Trinajstić information content (AvgIpc) is 3.42. The van der Waals surface area contributed by atoms with E-state index in [-0.39, 0.29) is 41.5 Å². The molecule has 39 heavy (non-hydrogen) atoms. The van der Waals surface area contributed by atoms with Crippen molar-refractivity contribution in [2.24, 2.45) is 0 Å². The number of alkyl halides is 1. The van der Waals surface area contributed by atoms with Crippen molar-refractivity contribution in [3.05, 3.63) is 29.3 Å². The van der Waals surface area contributed by atoms with E-state index in [4.69, 9.17) is 26.1 Å². The normalized spacial score (nSPS) is 28.9. The number of carbonyl (C=O) groups excluding carboxylic acids is 1. The molecule has 2 bridgehead atoms. The van der Waals surface area contributed by atoms with Crippen LogP contribution in [-0.4, -0.2) is 93.0 Å². The zero-order valence-electron chi connectivity index (χ0n) is 22.4. The van der Waals surface area contributed by atoms with Gasteiger partial charge < -0.3 is 14.4 Å². The fraction of sp³-hybridized carbons (Fsp3) is 0.630. The molecule has 6 rings (SSSR count). The van der Waals surface area contributed by atoms with Gasteiger partial charge in [0.1, 0.15) is 29.7 Å². The molecule has 4 fully saturated rings. The van der Waals surface area contributed by atoms with Gasteiger partial charge in [-0.3, -0.25) is 9.80 Å². The maximum absolute atomic E-state index is 15.2. The Bertz CT molecular complexity index is 1320. The number of rotatable bonds is 4. The van der Waals surface area contributed by atoms with Gasteiger partial charge in [-0.25, -0.2) is 18.6 Å². The Morgan fingerprint density at radius 3 is 2.64 bits per heavy atom. The lowest BCUT2D eigenvalue weighted by molar-refractivity contribution is 0.0122. The second kappa shape index (κ2) is 9.40. The fourth-order valence-corrected chi connectivity index (χ4v) is 6.78. The molecule has 0 radical (unpaired) electrons. The van der Waals surface area contributed by atoms with Crippen LogP contribution >= 0.6 is 11.6 Å². The second-order valence-electron chi connectivity index (χ2n) is 12.3. The number of anilines is 1. The third kappa shape index (κ3) is 4.77. The second-order valence-corrected chi connectivity index (χ2v) is 12.6. The van der Waals surface area contributed by atoms with E-state index in [9.17, 15) is 9.18 Å². The van der Waals surface area contributed by atoms with Crippen molar-refractivity contribution in [1.29, 1.82) is 0 Å². The summed E-state index contributed by atoms with van der Waals surface area (Å²) in [7, 11) is 0. The van der Waals surface area contributed by atoms with Crippen molar-refractivity contribution in [1.82, 2.24) is 24.8 Å². The number of amides is 1. The molecule has 0 spiro atoms. The summed E-state index contributed by atoms with van der Waals surface area (Å²) in [6, 6.07) is -0.153. The SMILES string of the molecule is C=C1CN2C[C@H](F)C[C@@]2(COc2nc(N3CC4CCC(C3)N4C(=O)OC(C)(C)C)c3cnc(Cl)c(F)c3n2)C1. The summed E-state index contributed by atoms with van der Waals surface area (Å²) in [5.41, 5.74) is -0.0561. The van der Waals surface area contributed by atoms with Crippen LogP contribution < -0.4 is 9.64 Å². The van der Waals surface area contributed by atoms with E-state index in [1.165, 1.54) is 6.20 Å². The zero-order valence-corrected chi connectivity index (χ0v) is 23.2. The highest BCUT2D eigenvalue weighted by atomic mass is 35.5. The summed E-state index contributed by atoms with van der Waals surface area (Å²) in [6.45, 7) is 11.8. The number of hydrogen-bond acceptors (Lipinski definition) is 8. The third-order valence-electron chi connectivity index (χ3n) is 8.14. The number of halogens is 3. The van der Waals surface area contributed by atoms with Crippen molar-refractivity contribution >= 4 is 34.4 Å². The molecule has 6 heterocycles. The topological polar surface area (TPSA) is 83.9 Å². The highest BCUT2D eigenvalue weighted by Crippen LogP contribution is 2.42. The summed E-state index contributed by atoms with van der Waals surface area (Å²) in [5, 5.41) is 0.119. The molecule has 0 N–H and O–H groups in total. The lowest BCUT2D eigenvalue weighted by Crippen LogP contribution is -2.57. The van der Waals surface area contributed by atoms with Gasteiger partial charge in [-0.15, -0.1) is 0 Å². The van der Waals surface area contributed by atoms with Crippen LogP contribution in [0.15, 0.2) is 18.3 Å². The molecule has 0 aliphatic carbocycles. The number of nitrogens with zero attached hydrogens (tertiary/aromatic N) is 6. The van der Waals surface area contributed by atoms with Gasteiger partial charge in [-0.2, -0.15) is 9.97 Å². The fourth-order valence-electron chi connectivity index (χ4n) is 6.64. The van der Waals surface area contributed by atoms with E-state index < -0.39 is 23.1 Å². The van der Waals surface area contributed by atoms with Gasteiger partial charge >= 0.3 is 12.1 Å². The molecule has 1 amide bonds. The summed E-state index contributed by atoms with van der Waals surface area (Å²) >= 11 is 6.01. The molecule has 4 atom stereocenters. The van der Waals surface area contributed by atoms with E-state index in [2.05, 4.69) is 21.4 Å². The Morgan fingerprint density at radius 2 is 1.95 bits per heavy atom. The summed E-state index contributed by atoms with van der Waals surface area (Å²) in [4.78, 5) is 31.9. The Morgan fingerprint density at radius 1 is 1.23 bits per heavy atom. The molecule has 0 saturated carbocycles. The standard InChI is InChI=1S/C27H33ClF2N6O3/c1-15-7-27(8-16(29)11-35(27)10-15)14-38-24-32-21-19(9-31-22(28)20(21)30)23(33-24)34-12-17-5-6-18(13-34)36(17)25(37)39-26(2,3)4/h9,16-18H,1,5-8,10-14H2,2-4H3/t16-,17?,18?,27-/m1/s1. The lowest BCUT2D eigenvalue weighted by atomic mass is 9.93. The van der Waals surface area contributed by atoms with Crippen LogP contribution in [0.2, 0.25) is 5.15 Å². The van der Waals surface area contributed by atoms with Crippen LogP contribution in [0.3, 0.4) is 0 Å². The minimum atomic E-state index is -0.936. The quantitative estimate of drug-likeness (QED) is 0.397. The smallest absolute Gasteiger partial charge is 0.410 e. The molecule has 210 valence electrons. The van der Waals surface area contributed by atoms with Crippen LogP contribution in [-0.2, 0) is 4.74 Å². The van der Waals surface area contributed by atoms with Gasteiger partial charge in [-0.1, -0.05) is 23.8 Å². The first kappa shape index (κ1) is 26.4. The molecule has 0 aromatic carbocycles. The van der Waals surface area contributed by atoms with E-state index in [0.29, 0.717) is 50.2 Å². The van der Waals surface area contributed by atoms with E-state index >= 15 is 4.39 Å². The van der Waals surface area contributed by atoms with Gasteiger partial charge in [0.2, 0.25) is 0 Å². The lowest BCUT2D eigenvalue weighted by Gasteiger charge is -2.42. The van der Waals surface area contributed by atoms with Crippen LogP contribution in [0.1, 0.15) is 46.5 Å². The van der Waals surface area contributed by atoms with Gasteiger partial charge in [0, 0.05) is 38.8 Å². The highest BCUT2D eigenvalue weighted by molar-refractivity contribution is 6.30. The van der Waals surface area contributed by atoms with Crippen molar-refractivity contribution < 1.29 is 23.0 Å². The summed E-state index contributed by atoms with van der Waals surface area (Å²) < 4.78 is 41.3. The molecule has 2 aromatic rings. The molecule has 4 aliphatic heterocycles. The molecule has 9 nitrogen and oxygen atoms in total. The minimum Gasteiger partial charge on any atom is -0.461 e. The molecule has 12 heteroatoms. The van der Waals surface area contributed by atoms with E-state index in [1.807, 2.05) is 30.6 Å².